The highest BCUT2D eigenvalue weighted by Crippen LogP contribution is 2.52. The molecule has 1 rings (SSSR count). The minimum atomic E-state index is -0.801. The van der Waals surface area contributed by atoms with E-state index in [1.54, 1.807) is 18.7 Å². The van der Waals surface area contributed by atoms with Gasteiger partial charge < -0.3 is 10.0 Å². The van der Waals surface area contributed by atoms with Crippen LogP contribution in [0.4, 0.5) is 0 Å². The molecule has 1 saturated carbocycles. The van der Waals surface area contributed by atoms with Crippen molar-refractivity contribution in [1.82, 2.24) is 4.90 Å². The van der Waals surface area contributed by atoms with Crippen molar-refractivity contribution in [1.29, 1.82) is 0 Å². The molecule has 1 N–H and O–H groups in total. The van der Waals surface area contributed by atoms with Crippen LogP contribution in [-0.2, 0) is 4.79 Å². The van der Waals surface area contributed by atoms with E-state index in [4.69, 9.17) is 0 Å². The van der Waals surface area contributed by atoms with Gasteiger partial charge in [0.2, 0.25) is 5.91 Å². The quantitative estimate of drug-likeness (QED) is 0.771. The third-order valence-corrected chi connectivity index (χ3v) is 3.08. The summed E-state index contributed by atoms with van der Waals surface area (Å²) in [5, 5.41) is 9.71. The summed E-state index contributed by atoms with van der Waals surface area (Å²) in [6.07, 6.45) is 0.980. The highest BCUT2D eigenvalue weighted by molar-refractivity contribution is 5.82. The van der Waals surface area contributed by atoms with Crippen molar-refractivity contribution in [3.05, 3.63) is 0 Å². The standard InChI is InChI=1S/C12H23NO2/c1-6-13(8-12(4,5)15)10(14)9-7-11(9,2)3/h9,15H,6-8H2,1-5H3. The molecule has 0 aromatic carbocycles. The second-order valence-electron chi connectivity index (χ2n) is 5.91. The van der Waals surface area contributed by atoms with Gasteiger partial charge in [-0.3, -0.25) is 4.79 Å². The number of aliphatic hydroxyl groups is 1. The van der Waals surface area contributed by atoms with E-state index in [-0.39, 0.29) is 17.2 Å². The number of amides is 1. The number of carbonyl (C=O) groups is 1. The van der Waals surface area contributed by atoms with E-state index < -0.39 is 5.60 Å². The number of likely N-dealkylation sites (N-methyl/N-ethyl adjacent to an activating group) is 1. The van der Waals surface area contributed by atoms with Gasteiger partial charge >= 0.3 is 0 Å². The Labute approximate surface area is 92.5 Å². The van der Waals surface area contributed by atoms with Crippen molar-refractivity contribution in [2.45, 2.75) is 46.6 Å². The van der Waals surface area contributed by atoms with Crippen molar-refractivity contribution >= 4 is 5.91 Å². The van der Waals surface area contributed by atoms with Crippen molar-refractivity contribution in [2.75, 3.05) is 13.1 Å². The molecule has 1 fully saturated rings. The van der Waals surface area contributed by atoms with Crippen LogP contribution in [0.25, 0.3) is 0 Å². The SMILES string of the molecule is CCN(CC(C)(C)O)C(=O)C1CC1(C)C. The lowest BCUT2D eigenvalue weighted by Crippen LogP contribution is -2.43. The van der Waals surface area contributed by atoms with Crippen LogP contribution in [-0.4, -0.2) is 34.6 Å². The van der Waals surface area contributed by atoms with Crippen LogP contribution in [0.3, 0.4) is 0 Å². The van der Waals surface area contributed by atoms with E-state index in [1.165, 1.54) is 0 Å². The molecule has 0 aliphatic heterocycles. The molecule has 88 valence electrons. The zero-order valence-corrected chi connectivity index (χ0v) is 10.5. The lowest BCUT2D eigenvalue weighted by Gasteiger charge is -2.28. The molecule has 1 atom stereocenters. The van der Waals surface area contributed by atoms with Crippen LogP contribution in [0, 0.1) is 11.3 Å². The molecular formula is C12H23NO2. The zero-order chi connectivity index (χ0) is 11.9. The van der Waals surface area contributed by atoms with E-state index in [2.05, 4.69) is 13.8 Å². The topological polar surface area (TPSA) is 40.5 Å². The van der Waals surface area contributed by atoms with E-state index >= 15 is 0 Å². The number of rotatable bonds is 4. The number of carbonyl (C=O) groups excluding carboxylic acids is 1. The van der Waals surface area contributed by atoms with Gasteiger partial charge in [0.05, 0.1) is 5.60 Å². The molecule has 3 heteroatoms. The highest BCUT2D eigenvalue weighted by Gasteiger charge is 2.51. The maximum atomic E-state index is 12.0. The first-order valence-corrected chi connectivity index (χ1v) is 5.68. The monoisotopic (exact) mass is 213 g/mol. The van der Waals surface area contributed by atoms with Gasteiger partial charge in [0.15, 0.2) is 0 Å². The summed E-state index contributed by atoms with van der Waals surface area (Å²) >= 11 is 0. The van der Waals surface area contributed by atoms with Crippen LogP contribution in [0.1, 0.15) is 41.0 Å². The van der Waals surface area contributed by atoms with Gasteiger partial charge in [0.1, 0.15) is 0 Å². The normalized spacial score (nSPS) is 23.7. The Hall–Kier alpha value is -0.570. The predicted octanol–water partition coefficient (Wildman–Crippen LogP) is 1.65. The third kappa shape index (κ3) is 3.20. The molecular weight excluding hydrogens is 190 g/mol. The lowest BCUT2D eigenvalue weighted by atomic mass is 10.1. The van der Waals surface area contributed by atoms with Gasteiger partial charge in [-0.2, -0.15) is 0 Å². The fraction of sp³-hybridized carbons (Fsp3) is 0.917. The minimum absolute atomic E-state index is 0.166. The van der Waals surface area contributed by atoms with E-state index in [1.807, 2.05) is 6.92 Å². The van der Waals surface area contributed by atoms with Gasteiger partial charge in [-0.25, -0.2) is 0 Å². The van der Waals surface area contributed by atoms with Crippen molar-refractivity contribution in [2.24, 2.45) is 11.3 Å². The van der Waals surface area contributed by atoms with Crippen LogP contribution in [0.15, 0.2) is 0 Å². The summed E-state index contributed by atoms with van der Waals surface area (Å²) in [4.78, 5) is 13.8. The predicted molar refractivity (Wildman–Crippen MR) is 60.4 cm³/mol. The van der Waals surface area contributed by atoms with Gasteiger partial charge in [0.25, 0.3) is 0 Å². The van der Waals surface area contributed by atoms with Crippen LogP contribution in [0.5, 0.6) is 0 Å². The van der Waals surface area contributed by atoms with Crippen molar-refractivity contribution in [3.63, 3.8) is 0 Å². The maximum Gasteiger partial charge on any atom is 0.226 e. The zero-order valence-electron chi connectivity index (χ0n) is 10.5. The van der Waals surface area contributed by atoms with Gasteiger partial charge in [-0.15, -0.1) is 0 Å². The second kappa shape index (κ2) is 3.78. The summed E-state index contributed by atoms with van der Waals surface area (Å²) in [5.74, 6) is 0.365. The number of hydrogen-bond donors (Lipinski definition) is 1. The molecule has 15 heavy (non-hydrogen) atoms. The van der Waals surface area contributed by atoms with Crippen LogP contribution in [0.2, 0.25) is 0 Å². The molecule has 0 aromatic rings. The Balaban J connectivity index is 2.57. The Morgan fingerprint density at radius 2 is 2.00 bits per heavy atom. The Morgan fingerprint density at radius 3 is 2.27 bits per heavy atom. The summed E-state index contributed by atoms with van der Waals surface area (Å²) in [5.41, 5.74) is -0.630. The molecule has 1 aliphatic rings. The van der Waals surface area contributed by atoms with Gasteiger partial charge in [-0.1, -0.05) is 13.8 Å². The molecule has 1 amide bonds. The third-order valence-electron chi connectivity index (χ3n) is 3.08. The molecule has 1 aliphatic carbocycles. The molecule has 0 saturated heterocycles. The molecule has 0 spiro atoms. The summed E-state index contributed by atoms with van der Waals surface area (Å²) in [6, 6.07) is 0. The maximum absolute atomic E-state index is 12.0. The fourth-order valence-electron chi connectivity index (χ4n) is 1.92. The first-order valence-electron chi connectivity index (χ1n) is 5.68. The van der Waals surface area contributed by atoms with Crippen molar-refractivity contribution in [3.8, 4) is 0 Å². The number of nitrogens with zero attached hydrogens (tertiary/aromatic N) is 1. The Kier molecular flexibility index (Phi) is 3.15. The average Bonchev–Trinajstić information content (AvgIpc) is 2.68. The molecule has 0 aromatic heterocycles. The first-order chi connectivity index (χ1) is 6.67. The second-order valence-corrected chi connectivity index (χ2v) is 5.91. The van der Waals surface area contributed by atoms with Crippen LogP contribution < -0.4 is 0 Å². The van der Waals surface area contributed by atoms with E-state index in [9.17, 15) is 9.90 Å². The lowest BCUT2D eigenvalue weighted by molar-refractivity contribution is -0.136. The summed E-state index contributed by atoms with van der Waals surface area (Å²) < 4.78 is 0. The Bertz CT molecular complexity index is 253. The smallest absolute Gasteiger partial charge is 0.226 e. The molecule has 0 radical (unpaired) electrons. The average molecular weight is 213 g/mol. The van der Waals surface area contributed by atoms with Crippen molar-refractivity contribution < 1.29 is 9.90 Å². The summed E-state index contributed by atoms with van der Waals surface area (Å²) in [6.45, 7) is 10.8. The Morgan fingerprint density at radius 1 is 1.53 bits per heavy atom. The number of hydrogen-bond acceptors (Lipinski definition) is 2. The minimum Gasteiger partial charge on any atom is -0.389 e. The van der Waals surface area contributed by atoms with Gasteiger partial charge in [-0.05, 0) is 32.6 Å². The summed E-state index contributed by atoms with van der Waals surface area (Å²) in [7, 11) is 0. The molecule has 0 bridgehead atoms. The fourth-order valence-corrected chi connectivity index (χ4v) is 1.92. The molecule has 3 nitrogen and oxygen atoms in total. The largest absolute Gasteiger partial charge is 0.389 e. The van der Waals surface area contributed by atoms with Crippen LogP contribution >= 0.6 is 0 Å². The molecule has 0 heterocycles. The first kappa shape index (κ1) is 12.5. The van der Waals surface area contributed by atoms with Gasteiger partial charge in [0, 0.05) is 19.0 Å². The molecule has 1 unspecified atom stereocenters. The van der Waals surface area contributed by atoms with E-state index in [0.29, 0.717) is 13.1 Å². The highest BCUT2D eigenvalue weighted by atomic mass is 16.3. The van der Waals surface area contributed by atoms with E-state index in [0.717, 1.165) is 6.42 Å².